The van der Waals surface area contributed by atoms with E-state index in [0.717, 1.165) is 51.1 Å². The molecule has 3 heterocycles. The zero-order valence-electron chi connectivity index (χ0n) is 19.3. The number of hydrogen-bond acceptors (Lipinski definition) is 7. The quantitative estimate of drug-likeness (QED) is 0.358. The Labute approximate surface area is 201 Å². The molecule has 0 radical (unpaired) electrons. The van der Waals surface area contributed by atoms with E-state index in [-0.39, 0.29) is 11.3 Å². The Balaban J connectivity index is 1.42. The molecule has 5 rings (SSSR count). The van der Waals surface area contributed by atoms with Crippen LogP contribution < -0.4 is 15.8 Å². The van der Waals surface area contributed by atoms with Crippen molar-refractivity contribution in [2.45, 2.75) is 47.0 Å². The van der Waals surface area contributed by atoms with Crippen LogP contribution in [0.1, 0.15) is 55.0 Å². The summed E-state index contributed by atoms with van der Waals surface area (Å²) in [6.07, 6.45) is 3.13. The van der Waals surface area contributed by atoms with Gasteiger partial charge in [0.2, 0.25) is 0 Å². The molecule has 0 saturated heterocycles. The largest absolute Gasteiger partial charge is 0.494 e. The third kappa shape index (κ3) is 4.17. The standard InChI is InChI=1S/C25H28N4O2S2/c1-5-31-15-7-9-18-19(12-15)32-24(28-18)29-22(30)21-20(26)16-11-13-10-14(25(2,3)4)6-8-17(13)27-23(16)33-21/h7,9,11-12,14H,5-6,8,10,26H2,1-4H3,(H,28,29,30). The normalized spacial score (nSPS) is 16.2. The van der Waals surface area contributed by atoms with Crippen molar-refractivity contribution in [1.82, 2.24) is 9.97 Å². The molecule has 1 unspecified atom stereocenters. The van der Waals surface area contributed by atoms with E-state index in [1.54, 1.807) is 0 Å². The van der Waals surface area contributed by atoms with Gasteiger partial charge in [0.25, 0.3) is 5.91 Å². The fourth-order valence-corrected chi connectivity index (χ4v) is 6.35. The first kappa shape index (κ1) is 22.1. The molecule has 8 heteroatoms. The first-order chi connectivity index (χ1) is 15.7. The minimum absolute atomic E-state index is 0.245. The lowest BCUT2D eigenvalue weighted by atomic mass is 9.71. The number of thiazole rings is 1. The van der Waals surface area contributed by atoms with Crippen LogP contribution in [0.25, 0.3) is 20.4 Å². The van der Waals surface area contributed by atoms with Crippen molar-refractivity contribution in [3.63, 3.8) is 0 Å². The van der Waals surface area contributed by atoms with E-state index >= 15 is 0 Å². The number of nitrogens with two attached hydrogens (primary N) is 1. The maximum absolute atomic E-state index is 13.1. The molecule has 0 spiro atoms. The van der Waals surface area contributed by atoms with E-state index in [9.17, 15) is 4.79 Å². The summed E-state index contributed by atoms with van der Waals surface area (Å²) in [7, 11) is 0. The Morgan fingerprint density at radius 3 is 2.82 bits per heavy atom. The Hall–Kier alpha value is -2.71. The average molecular weight is 481 g/mol. The summed E-state index contributed by atoms with van der Waals surface area (Å²) in [6, 6.07) is 7.89. The number of thiophene rings is 1. The number of rotatable bonds is 4. The van der Waals surface area contributed by atoms with E-state index in [1.807, 2.05) is 25.1 Å². The zero-order chi connectivity index (χ0) is 23.3. The van der Waals surface area contributed by atoms with E-state index in [1.165, 1.54) is 28.2 Å². The molecule has 1 aliphatic rings. The van der Waals surface area contributed by atoms with E-state index in [2.05, 4.69) is 37.1 Å². The molecule has 0 fully saturated rings. The fourth-order valence-electron chi connectivity index (χ4n) is 4.47. The number of nitrogens with zero attached hydrogens (tertiary/aromatic N) is 2. The number of carbonyl (C=O) groups is 1. The number of anilines is 2. The van der Waals surface area contributed by atoms with Crippen LogP contribution in [0.4, 0.5) is 10.8 Å². The van der Waals surface area contributed by atoms with Crippen molar-refractivity contribution >= 4 is 59.8 Å². The molecule has 1 amide bonds. The van der Waals surface area contributed by atoms with Crippen molar-refractivity contribution in [2.24, 2.45) is 11.3 Å². The van der Waals surface area contributed by atoms with Gasteiger partial charge in [0.05, 0.1) is 22.5 Å². The maximum atomic E-state index is 13.1. The lowest BCUT2D eigenvalue weighted by Crippen LogP contribution is -2.27. The van der Waals surface area contributed by atoms with Crippen LogP contribution in [-0.2, 0) is 12.8 Å². The second kappa shape index (κ2) is 8.25. The van der Waals surface area contributed by atoms with Gasteiger partial charge in [-0.15, -0.1) is 11.3 Å². The number of pyridine rings is 1. The van der Waals surface area contributed by atoms with E-state index < -0.39 is 0 Å². The monoisotopic (exact) mass is 480 g/mol. The Morgan fingerprint density at radius 2 is 2.06 bits per heavy atom. The summed E-state index contributed by atoms with van der Waals surface area (Å²) in [4.78, 5) is 23.8. The molecular weight excluding hydrogens is 452 g/mol. The lowest BCUT2D eigenvalue weighted by molar-refractivity contribution is 0.103. The molecule has 6 nitrogen and oxygen atoms in total. The number of hydrogen-bond donors (Lipinski definition) is 2. The van der Waals surface area contributed by atoms with E-state index in [0.29, 0.717) is 28.2 Å². The molecule has 172 valence electrons. The van der Waals surface area contributed by atoms with Crippen molar-refractivity contribution < 1.29 is 9.53 Å². The van der Waals surface area contributed by atoms with Crippen LogP contribution >= 0.6 is 22.7 Å². The third-order valence-corrected chi connectivity index (χ3v) is 8.46. The molecule has 3 aromatic heterocycles. The summed E-state index contributed by atoms with van der Waals surface area (Å²) in [5.74, 6) is 1.17. The van der Waals surface area contributed by atoms with Gasteiger partial charge in [-0.2, -0.15) is 0 Å². The molecule has 4 aromatic rings. The summed E-state index contributed by atoms with van der Waals surface area (Å²) >= 11 is 2.78. The molecule has 0 bridgehead atoms. The summed E-state index contributed by atoms with van der Waals surface area (Å²) < 4.78 is 6.52. The maximum Gasteiger partial charge on any atom is 0.269 e. The predicted octanol–water partition coefficient (Wildman–Crippen LogP) is 6.29. The number of aromatic nitrogens is 2. The summed E-state index contributed by atoms with van der Waals surface area (Å²) in [6.45, 7) is 9.46. The van der Waals surface area contributed by atoms with Gasteiger partial charge >= 0.3 is 0 Å². The smallest absolute Gasteiger partial charge is 0.269 e. The number of amides is 1. The van der Waals surface area contributed by atoms with Crippen LogP contribution in [-0.4, -0.2) is 22.5 Å². The Morgan fingerprint density at radius 1 is 1.24 bits per heavy atom. The highest BCUT2D eigenvalue weighted by Crippen LogP contribution is 2.40. The SMILES string of the molecule is CCOc1ccc2nc(NC(=O)c3sc4nc5c(cc4c3N)CC(C(C)(C)C)CC5)sc2c1. The number of carbonyl (C=O) groups excluding carboxylic acids is 1. The van der Waals surface area contributed by atoms with Crippen LogP contribution in [0.2, 0.25) is 0 Å². The molecule has 1 aliphatic carbocycles. The number of nitrogens with one attached hydrogen (secondary N) is 1. The molecule has 0 aliphatic heterocycles. The second-order valence-corrected chi connectivity index (χ2v) is 11.7. The van der Waals surface area contributed by atoms with Gasteiger partial charge in [0.15, 0.2) is 5.13 Å². The van der Waals surface area contributed by atoms with Crippen molar-refractivity contribution in [3.8, 4) is 5.75 Å². The summed E-state index contributed by atoms with van der Waals surface area (Å²) in [5, 5.41) is 4.35. The minimum Gasteiger partial charge on any atom is -0.494 e. The van der Waals surface area contributed by atoms with Crippen LogP contribution in [0, 0.1) is 11.3 Å². The van der Waals surface area contributed by atoms with Crippen LogP contribution in [0.5, 0.6) is 5.75 Å². The number of ether oxygens (including phenoxy) is 1. The van der Waals surface area contributed by atoms with E-state index in [4.69, 9.17) is 15.5 Å². The van der Waals surface area contributed by atoms with Crippen molar-refractivity contribution in [3.05, 3.63) is 40.4 Å². The Kier molecular flexibility index (Phi) is 5.53. The number of aryl methyl sites for hydroxylation is 1. The van der Waals surface area contributed by atoms with Gasteiger partial charge in [0, 0.05) is 11.1 Å². The molecule has 1 aromatic carbocycles. The number of fused-ring (bicyclic) bond motifs is 3. The van der Waals surface area contributed by atoms with Crippen LogP contribution in [0.3, 0.4) is 0 Å². The lowest BCUT2D eigenvalue weighted by Gasteiger charge is -2.34. The van der Waals surface area contributed by atoms with Crippen LogP contribution in [0.15, 0.2) is 24.3 Å². The minimum atomic E-state index is -0.245. The van der Waals surface area contributed by atoms with Crippen molar-refractivity contribution in [1.29, 1.82) is 0 Å². The Bertz CT molecular complexity index is 1370. The molecule has 3 N–H and O–H groups in total. The molecule has 1 atom stereocenters. The highest BCUT2D eigenvalue weighted by atomic mass is 32.1. The second-order valence-electron chi connectivity index (χ2n) is 9.63. The van der Waals surface area contributed by atoms with Crippen molar-refractivity contribution in [2.75, 3.05) is 17.7 Å². The molecule has 0 saturated carbocycles. The highest BCUT2D eigenvalue weighted by Gasteiger charge is 2.30. The van der Waals surface area contributed by atoms with Gasteiger partial charge in [-0.05, 0) is 67.3 Å². The topological polar surface area (TPSA) is 90.1 Å². The van der Waals surface area contributed by atoms with Gasteiger partial charge in [-0.3, -0.25) is 10.1 Å². The fraction of sp³-hybridized carbons (Fsp3) is 0.400. The van der Waals surface area contributed by atoms with Gasteiger partial charge in [-0.1, -0.05) is 32.1 Å². The average Bonchev–Trinajstić information content (AvgIpc) is 3.31. The number of nitrogen functional groups attached to an aromatic ring is 1. The van der Waals surface area contributed by atoms with Gasteiger partial charge in [-0.25, -0.2) is 9.97 Å². The number of benzene rings is 1. The molecule has 33 heavy (non-hydrogen) atoms. The van der Waals surface area contributed by atoms with Gasteiger partial charge in [0.1, 0.15) is 15.5 Å². The first-order valence-corrected chi connectivity index (χ1v) is 12.9. The zero-order valence-corrected chi connectivity index (χ0v) is 21.0. The first-order valence-electron chi connectivity index (χ1n) is 11.3. The molecular formula is C25H28N4O2S2. The summed E-state index contributed by atoms with van der Waals surface area (Å²) in [5.41, 5.74) is 10.5. The highest BCUT2D eigenvalue weighted by molar-refractivity contribution is 7.23. The third-order valence-electron chi connectivity index (χ3n) is 6.41. The van der Waals surface area contributed by atoms with Gasteiger partial charge < -0.3 is 10.5 Å². The predicted molar refractivity (Wildman–Crippen MR) is 138 cm³/mol.